The lowest BCUT2D eigenvalue weighted by Gasteiger charge is -2.12. The van der Waals surface area contributed by atoms with Crippen molar-refractivity contribution in [2.45, 2.75) is 18.7 Å². The first-order valence-corrected chi connectivity index (χ1v) is 6.92. The number of hydrogen-bond donors (Lipinski definition) is 2. The minimum absolute atomic E-state index is 0.267. The Hall–Kier alpha value is -1.33. The van der Waals surface area contributed by atoms with Crippen LogP contribution < -0.4 is 10.0 Å². The van der Waals surface area contributed by atoms with Gasteiger partial charge in [-0.1, -0.05) is 31.2 Å². The molecule has 0 fully saturated rings. The molecule has 1 aromatic rings. The maximum atomic E-state index is 11.9. The van der Waals surface area contributed by atoms with Crippen LogP contribution in [0.1, 0.15) is 13.8 Å². The Balaban J connectivity index is 3.03. The zero-order valence-corrected chi connectivity index (χ0v) is 11.0. The molecule has 0 unspecified atom stereocenters. The molecule has 0 saturated heterocycles. The van der Waals surface area contributed by atoms with Crippen LogP contribution in [0.4, 0.5) is 5.69 Å². The minimum Gasteiger partial charge on any atom is -0.380 e. The van der Waals surface area contributed by atoms with Crippen molar-refractivity contribution in [1.82, 2.24) is 4.72 Å². The molecule has 1 aromatic carbocycles. The maximum Gasteiger partial charge on any atom is 0.242 e. The van der Waals surface area contributed by atoms with Gasteiger partial charge in [0.1, 0.15) is 4.90 Å². The molecule has 0 atom stereocenters. The number of sulfonamides is 1. The Morgan fingerprint density at radius 1 is 1.35 bits per heavy atom. The normalized spacial score (nSPS) is 11.2. The van der Waals surface area contributed by atoms with E-state index in [4.69, 9.17) is 0 Å². The first kappa shape index (κ1) is 13.7. The molecule has 0 aliphatic heterocycles. The van der Waals surface area contributed by atoms with Gasteiger partial charge in [-0.2, -0.15) is 0 Å². The fraction of sp³-hybridized carbons (Fsp3) is 0.333. The molecule has 0 aliphatic carbocycles. The largest absolute Gasteiger partial charge is 0.380 e. The molecule has 0 heterocycles. The Kier molecular flexibility index (Phi) is 4.72. The molecule has 0 spiro atoms. The Labute approximate surface area is 103 Å². The van der Waals surface area contributed by atoms with Crippen molar-refractivity contribution < 1.29 is 8.42 Å². The third kappa shape index (κ3) is 3.87. The van der Waals surface area contributed by atoms with Gasteiger partial charge in [0.25, 0.3) is 0 Å². The van der Waals surface area contributed by atoms with Crippen molar-refractivity contribution in [2.24, 2.45) is 0 Å². The first-order valence-electron chi connectivity index (χ1n) is 5.44. The standard InChI is InChI=1S/C12H18N2O2S/c1-4-14-17(15,16)12-8-6-5-7-11(12)13-9-10(2)3/h5-8,13-14H,2,4,9H2,1,3H3. The fourth-order valence-electron chi connectivity index (χ4n) is 1.36. The van der Waals surface area contributed by atoms with Gasteiger partial charge in [-0.25, -0.2) is 13.1 Å². The number of para-hydroxylation sites is 1. The predicted molar refractivity (Wildman–Crippen MR) is 70.6 cm³/mol. The number of nitrogens with one attached hydrogen (secondary N) is 2. The molecule has 4 nitrogen and oxygen atoms in total. The van der Waals surface area contributed by atoms with Crippen molar-refractivity contribution in [2.75, 3.05) is 18.4 Å². The number of hydrogen-bond acceptors (Lipinski definition) is 3. The van der Waals surface area contributed by atoms with E-state index in [-0.39, 0.29) is 4.90 Å². The molecular formula is C12H18N2O2S. The number of anilines is 1. The van der Waals surface area contributed by atoms with Crippen molar-refractivity contribution in [3.63, 3.8) is 0 Å². The van der Waals surface area contributed by atoms with Crippen LogP contribution in [0.3, 0.4) is 0 Å². The molecule has 0 amide bonds. The highest BCUT2D eigenvalue weighted by Gasteiger charge is 2.16. The topological polar surface area (TPSA) is 58.2 Å². The molecule has 1 rings (SSSR count). The van der Waals surface area contributed by atoms with Gasteiger partial charge in [-0.3, -0.25) is 0 Å². The van der Waals surface area contributed by atoms with Crippen LogP contribution in [0.2, 0.25) is 0 Å². The Morgan fingerprint density at radius 2 is 2.00 bits per heavy atom. The molecule has 5 heteroatoms. The summed E-state index contributed by atoms with van der Waals surface area (Å²) >= 11 is 0. The van der Waals surface area contributed by atoms with Crippen molar-refractivity contribution >= 4 is 15.7 Å². The van der Waals surface area contributed by atoms with Crippen molar-refractivity contribution in [3.05, 3.63) is 36.4 Å². The van der Waals surface area contributed by atoms with Gasteiger partial charge >= 0.3 is 0 Å². The van der Waals surface area contributed by atoms with Gasteiger partial charge in [0.2, 0.25) is 10.0 Å². The lowest BCUT2D eigenvalue weighted by atomic mass is 10.3. The van der Waals surface area contributed by atoms with Gasteiger partial charge < -0.3 is 5.32 Å². The molecule has 17 heavy (non-hydrogen) atoms. The molecule has 0 bridgehead atoms. The second-order valence-electron chi connectivity index (χ2n) is 3.81. The van der Waals surface area contributed by atoms with Gasteiger partial charge in [0.15, 0.2) is 0 Å². The molecule has 0 radical (unpaired) electrons. The van der Waals surface area contributed by atoms with E-state index >= 15 is 0 Å². The summed E-state index contributed by atoms with van der Waals surface area (Å²) < 4.78 is 26.3. The number of benzene rings is 1. The summed E-state index contributed by atoms with van der Waals surface area (Å²) in [5.41, 5.74) is 1.54. The highest BCUT2D eigenvalue weighted by atomic mass is 32.2. The summed E-state index contributed by atoms with van der Waals surface area (Å²) in [4.78, 5) is 0.267. The van der Waals surface area contributed by atoms with Crippen molar-refractivity contribution in [3.8, 4) is 0 Å². The van der Waals surface area contributed by atoms with Crippen LogP contribution in [-0.2, 0) is 10.0 Å². The van der Waals surface area contributed by atoms with Crippen LogP contribution in [0.25, 0.3) is 0 Å². The van der Waals surface area contributed by atoms with Gasteiger partial charge in [-0.15, -0.1) is 0 Å². The smallest absolute Gasteiger partial charge is 0.242 e. The molecule has 2 N–H and O–H groups in total. The Morgan fingerprint density at radius 3 is 2.59 bits per heavy atom. The van der Waals surface area contributed by atoms with Gasteiger partial charge in [0.05, 0.1) is 5.69 Å². The summed E-state index contributed by atoms with van der Waals surface area (Å²) in [6, 6.07) is 6.83. The van der Waals surface area contributed by atoms with Crippen LogP contribution in [0, 0.1) is 0 Å². The van der Waals surface area contributed by atoms with Crippen LogP contribution in [0.5, 0.6) is 0 Å². The summed E-state index contributed by atoms with van der Waals surface area (Å²) in [6.07, 6.45) is 0. The van der Waals surface area contributed by atoms with Gasteiger partial charge in [0, 0.05) is 13.1 Å². The van der Waals surface area contributed by atoms with E-state index in [1.54, 1.807) is 31.2 Å². The second kappa shape index (κ2) is 5.84. The summed E-state index contributed by atoms with van der Waals surface area (Å²) in [6.45, 7) is 8.33. The van der Waals surface area contributed by atoms with E-state index < -0.39 is 10.0 Å². The zero-order chi connectivity index (χ0) is 12.9. The van der Waals surface area contributed by atoms with Crippen molar-refractivity contribution in [1.29, 1.82) is 0 Å². The monoisotopic (exact) mass is 254 g/mol. The maximum absolute atomic E-state index is 11.9. The molecule has 0 aliphatic rings. The first-order chi connectivity index (χ1) is 7.97. The van der Waals surface area contributed by atoms with Gasteiger partial charge in [-0.05, 0) is 19.1 Å². The lowest BCUT2D eigenvalue weighted by molar-refractivity contribution is 0.584. The minimum atomic E-state index is -3.43. The van der Waals surface area contributed by atoms with E-state index in [1.807, 2.05) is 6.92 Å². The average Bonchev–Trinajstić information content (AvgIpc) is 2.26. The third-order valence-corrected chi connectivity index (χ3v) is 3.70. The predicted octanol–water partition coefficient (Wildman–Crippen LogP) is 1.97. The zero-order valence-electron chi connectivity index (χ0n) is 10.2. The van der Waals surface area contributed by atoms with E-state index in [1.165, 1.54) is 0 Å². The van der Waals surface area contributed by atoms with E-state index in [2.05, 4.69) is 16.6 Å². The van der Waals surface area contributed by atoms with Crippen LogP contribution >= 0.6 is 0 Å². The van der Waals surface area contributed by atoms with E-state index in [9.17, 15) is 8.42 Å². The Bertz CT molecular complexity index is 495. The van der Waals surface area contributed by atoms with Crippen LogP contribution in [0.15, 0.2) is 41.3 Å². The van der Waals surface area contributed by atoms with E-state index in [0.717, 1.165) is 5.57 Å². The lowest BCUT2D eigenvalue weighted by Crippen LogP contribution is -2.24. The summed E-state index contributed by atoms with van der Waals surface area (Å²) in [5.74, 6) is 0. The molecule has 94 valence electrons. The van der Waals surface area contributed by atoms with E-state index in [0.29, 0.717) is 18.8 Å². The summed E-state index contributed by atoms with van der Waals surface area (Å²) in [7, 11) is -3.43. The third-order valence-electron chi connectivity index (χ3n) is 2.09. The quantitative estimate of drug-likeness (QED) is 0.763. The highest BCUT2D eigenvalue weighted by Crippen LogP contribution is 2.20. The number of rotatable bonds is 6. The summed E-state index contributed by atoms with van der Waals surface area (Å²) in [5, 5.41) is 3.06. The molecular weight excluding hydrogens is 236 g/mol. The fourth-order valence-corrected chi connectivity index (χ4v) is 2.58. The highest BCUT2D eigenvalue weighted by molar-refractivity contribution is 7.89. The SMILES string of the molecule is C=C(C)CNc1ccccc1S(=O)(=O)NCC. The average molecular weight is 254 g/mol. The second-order valence-corrected chi connectivity index (χ2v) is 5.54. The molecule has 0 saturated carbocycles. The molecule has 0 aromatic heterocycles. The van der Waals surface area contributed by atoms with Crippen LogP contribution in [-0.4, -0.2) is 21.5 Å².